The molecule has 0 aliphatic carbocycles. The Labute approximate surface area is 101 Å². The summed E-state index contributed by atoms with van der Waals surface area (Å²) in [5.41, 5.74) is 0. The number of hydrogen-bond donors (Lipinski definition) is 1. The van der Waals surface area contributed by atoms with E-state index in [1.165, 1.54) is 0 Å². The van der Waals surface area contributed by atoms with Crippen LogP contribution in [-0.2, 0) is 4.74 Å². The maximum Gasteiger partial charge on any atom is 0.318 e. The third kappa shape index (κ3) is 2.76. The lowest BCUT2D eigenvalue weighted by Crippen LogP contribution is -2.45. The van der Waals surface area contributed by atoms with Crippen molar-refractivity contribution in [3.8, 4) is 0 Å². The molecule has 6 heteroatoms. The van der Waals surface area contributed by atoms with Gasteiger partial charge in [0.15, 0.2) is 0 Å². The molecule has 0 amide bonds. The summed E-state index contributed by atoms with van der Waals surface area (Å²) >= 11 is 0. The van der Waals surface area contributed by atoms with Crippen LogP contribution >= 0.6 is 0 Å². The van der Waals surface area contributed by atoms with Gasteiger partial charge in [0.05, 0.1) is 18.2 Å². The van der Waals surface area contributed by atoms with E-state index in [1.54, 1.807) is 0 Å². The Morgan fingerprint density at radius 2 is 1.94 bits per heavy atom. The topological polar surface area (TPSA) is 63.4 Å². The molecular weight excluding hydrogens is 220 g/mol. The molecule has 0 aromatic carbocycles. The number of anilines is 1. The van der Waals surface area contributed by atoms with Crippen molar-refractivity contribution in [1.29, 1.82) is 0 Å². The van der Waals surface area contributed by atoms with E-state index >= 15 is 0 Å². The lowest BCUT2D eigenvalue weighted by Gasteiger charge is -2.33. The van der Waals surface area contributed by atoms with Gasteiger partial charge in [0.25, 0.3) is 0 Å². The van der Waals surface area contributed by atoms with Gasteiger partial charge in [-0.25, -0.2) is 0 Å². The quantitative estimate of drug-likeness (QED) is 0.849. The Morgan fingerprint density at radius 3 is 2.53 bits per heavy atom. The van der Waals surface area contributed by atoms with Crippen molar-refractivity contribution in [2.24, 2.45) is 0 Å². The molecule has 2 heterocycles. The predicted octanol–water partition coefficient (Wildman–Crippen LogP) is 0.964. The largest absolute Gasteiger partial charge is 0.406 e. The molecule has 1 fully saturated rings. The van der Waals surface area contributed by atoms with Crippen molar-refractivity contribution in [3.63, 3.8) is 0 Å². The SMILES string of the molecule is CNC(C)c1nnc(N2C[C@@H](C)O[C@@H](C)C2)o1. The molecule has 17 heavy (non-hydrogen) atoms. The Balaban J connectivity index is 2.09. The Morgan fingerprint density at radius 1 is 1.29 bits per heavy atom. The number of aromatic nitrogens is 2. The summed E-state index contributed by atoms with van der Waals surface area (Å²) in [6.07, 6.45) is 0.381. The molecule has 1 aromatic heterocycles. The van der Waals surface area contributed by atoms with Gasteiger partial charge < -0.3 is 19.4 Å². The third-order valence-electron chi connectivity index (χ3n) is 2.92. The molecule has 96 valence electrons. The van der Waals surface area contributed by atoms with E-state index in [1.807, 2.05) is 14.0 Å². The van der Waals surface area contributed by atoms with Crippen LogP contribution in [0, 0.1) is 0 Å². The van der Waals surface area contributed by atoms with E-state index in [9.17, 15) is 0 Å². The fourth-order valence-corrected chi connectivity index (χ4v) is 1.99. The van der Waals surface area contributed by atoms with Gasteiger partial charge in [0.1, 0.15) is 0 Å². The molecule has 2 rings (SSSR count). The Bertz CT molecular complexity index is 358. The summed E-state index contributed by atoms with van der Waals surface area (Å²) in [4.78, 5) is 2.08. The monoisotopic (exact) mass is 240 g/mol. The molecule has 1 aliphatic heterocycles. The van der Waals surface area contributed by atoms with Crippen molar-refractivity contribution in [2.75, 3.05) is 25.0 Å². The highest BCUT2D eigenvalue weighted by Crippen LogP contribution is 2.21. The van der Waals surface area contributed by atoms with Crippen molar-refractivity contribution < 1.29 is 9.15 Å². The van der Waals surface area contributed by atoms with Gasteiger partial charge in [-0.2, -0.15) is 0 Å². The molecule has 0 spiro atoms. The molecule has 3 atom stereocenters. The van der Waals surface area contributed by atoms with Gasteiger partial charge in [0, 0.05) is 13.1 Å². The fourth-order valence-electron chi connectivity index (χ4n) is 1.99. The second-order valence-electron chi connectivity index (χ2n) is 4.60. The average Bonchev–Trinajstić information content (AvgIpc) is 2.76. The molecule has 0 saturated carbocycles. The second kappa shape index (κ2) is 5.01. The highest BCUT2D eigenvalue weighted by Gasteiger charge is 2.26. The van der Waals surface area contributed by atoms with Crippen LogP contribution in [0.15, 0.2) is 4.42 Å². The molecule has 1 unspecified atom stereocenters. The van der Waals surface area contributed by atoms with Gasteiger partial charge in [-0.15, -0.1) is 5.10 Å². The zero-order chi connectivity index (χ0) is 12.4. The second-order valence-corrected chi connectivity index (χ2v) is 4.60. The van der Waals surface area contributed by atoms with E-state index < -0.39 is 0 Å². The van der Waals surface area contributed by atoms with Crippen LogP contribution in [0.2, 0.25) is 0 Å². The smallest absolute Gasteiger partial charge is 0.318 e. The number of ether oxygens (including phenoxy) is 1. The summed E-state index contributed by atoms with van der Waals surface area (Å²) in [5, 5.41) is 11.2. The van der Waals surface area contributed by atoms with E-state index in [2.05, 4.69) is 34.3 Å². The zero-order valence-corrected chi connectivity index (χ0v) is 10.8. The van der Waals surface area contributed by atoms with Gasteiger partial charge in [0.2, 0.25) is 5.89 Å². The molecule has 1 N–H and O–H groups in total. The molecule has 1 aliphatic rings. The van der Waals surface area contributed by atoms with Crippen LogP contribution in [0.1, 0.15) is 32.7 Å². The predicted molar refractivity (Wildman–Crippen MR) is 64.0 cm³/mol. The van der Waals surface area contributed by atoms with E-state index in [0.717, 1.165) is 13.1 Å². The molecule has 0 radical (unpaired) electrons. The maximum atomic E-state index is 5.67. The van der Waals surface area contributed by atoms with Crippen LogP contribution in [0.25, 0.3) is 0 Å². The Kier molecular flexibility index (Phi) is 3.63. The molecular formula is C11H20N4O2. The first kappa shape index (κ1) is 12.3. The fraction of sp³-hybridized carbons (Fsp3) is 0.818. The van der Waals surface area contributed by atoms with Gasteiger partial charge in [-0.3, -0.25) is 0 Å². The van der Waals surface area contributed by atoms with Gasteiger partial charge >= 0.3 is 6.01 Å². The molecule has 0 bridgehead atoms. The summed E-state index contributed by atoms with van der Waals surface area (Å²) < 4.78 is 11.3. The van der Waals surface area contributed by atoms with Crippen LogP contribution in [0.5, 0.6) is 0 Å². The lowest BCUT2D eigenvalue weighted by atomic mass is 10.2. The summed E-state index contributed by atoms with van der Waals surface area (Å²) in [6.45, 7) is 7.67. The minimum atomic E-state index is 0.0761. The van der Waals surface area contributed by atoms with Gasteiger partial charge in [-0.1, -0.05) is 5.10 Å². The number of morpholine rings is 1. The number of rotatable bonds is 3. The van der Waals surface area contributed by atoms with Crippen LogP contribution in [0.4, 0.5) is 6.01 Å². The van der Waals surface area contributed by atoms with Crippen LogP contribution in [0.3, 0.4) is 0 Å². The first-order valence-corrected chi connectivity index (χ1v) is 6.01. The maximum absolute atomic E-state index is 5.67. The summed E-state index contributed by atoms with van der Waals surface area (Å²) in [6, 6.07) is 0.663. The highest BCUT2D eigenvalue weighted by atomic mass is 16.5. The number of nitrogens with zero attached hydrogens (tertiary/aromatic N) is 3. The van der Waals surface area contributed by atoms with Crippen molar-refractivity contribution in [2.45, 2.75) is 39.0 Å². The normalized spacial score (nSPS) is 27.2. The average molecular weight is 240 g/mol. The molecule has 1 saturated heterocycles. The summed E-state index contributed by atoms with van der Waals surface area (Å²) in [7, 11) is 1.87. The van der Waals surface area contributed by atoms with E-state index in [4.69, 9.17) is 9.15 Å². The van der Waals surface area contributed by atoms with E-state index in [-0.39, 0.29) is 18.2 Å². The van der Waals surface area contributed by atoms with E-state index in [0.29, 0.717) is 11.9 Å². The van der Waals surface area contributed by atoms with Crippen LogP contribution in [-0.4, -0.2) is 42.5 Å². The number of hydrogen-bond acceptors (Lipinski definition) is 6. The Hall–Kier alpha value is -1.14. The lowest BCUT2D eigenvalue weighted by molar-refractivity contribution is -0.00677. The van der Waals surface area contributed by atoms with Crippen molar-refractivity contribution >= 4 is 6.01 Å². The number of nitrogens with one attached hydrogen (secondary N) is 1. The first-order valence-electron chi connectivity index (χ1n) is 6.01. The minimum absolute atomic E-state index is 0.0761. The third-order valence-corrected chi connectivity index (χ3v) is 2.92. The first-order chi connectivity index (χ1) is 8.10. The summed E-state index contributed by atoms with van der Waals surface area (Å²) in [5.74, 6) is 0.620. The zero-order valence-electron chi connectivity index (χ0n) is 10.8. The standard InChI is InChI=1S/C11H20N4O2/c1-7-5-15(6-8(2)16-7)11-14-13-10(17-11)9(3)12-4/h7-9,12H,5-6H2,1-4H3/t7-,8+,9?. The molecule has 1 aromatic rings. The van der Waals surface area contributed by atoms with Crippen LogP contribution < -0.4 is 10.2 Å². The minimum Gasteiger partial charge on any atom is -0.406 e. The molecule has 6 nitrogen and oxygen atoms in total. The van der Waals surface area contributed by atoms with Crippen molar-refractivity contribution in [3.05, 3.63) is 5.89 Å². The highest BCUT2D eigenvalue weighted by molar-refractivity contribution is 5.26. The van der Waals surface area contributed by atoms with Gasteiger partial charge in [-0.05, 0) is 27.8 Å². The van der Waals surface area contributed by atoms with Crippen molar-refractivity contribution in [1.82, 2.24) is 15.5 Å².